The molecule has 0 saturated carbocycles. The molecule has 82 valence electrons. The lowest BCUT2D eigenvalue weighted by Gasteiger charge is -2.12. The van der Waals surface area contributed by atoms with E-state index in [9.17, 15) is 18.0 Å². The summed E-state index contributed by atoms with van der Waals surface area (Å²) in [6, 6.07) is 3.92. The van der Waals surface area contributed by atoms with Crippen molar-refractivity contribution in [1.29, 1.82) is 0 Å². The molecule has 0 amide bonds. The molecule has 0 bridgehead atoms. The molecule has 0 aliphatic rings. The van der Waals surface area contributed by atoms with E-state index in [1.165, 1.54) is 12.1 Å². The van der Waals surface area contributed by atoms with Gasteiger partial charge in [0.25, 0.3) is 0 Å². The summed E-state index contributed by atoms with van der Waals surface area (Å²) in [5, 5.41) is 0.118. The number of rotatable bonds is 3. The van der Waals surface area contributed by atoms with E-state index in [0.29, 0.717) is 6.29 Å². The normalized spacial score (nSPS) is 11.2. The molecule has 0 radical (unpaired) electrons. The minimum Gasteiger partial charge on any atom is -0.405 e. The minimum atomic E-state index is -4.75. The standard InChI is InChI=1S/C9H6BrF3O2/c10-4-7-6(5-14)2-1-3-8(7)15-9(11,12)13/h1-3,5H,4H2. The Kier molecular flexibility index (Phi) is 3.73. The Hall–Kier alpha value is -1.04. The Morgan fingerprint density at radius 3 is 2.53 bits per heavy atom. The highest BCUT2D eigenvalue weighted by atomic mass is 79.9. The zero-order valence-electron chi connectivity index (χ0n) is 7.34. The number of halogens is 4. The zero-order chi connectivity index (χ0) is 11.5. The highest BCUT2D eigenvalue weighted by Crippen LogP contribution is 2.29. The topological polar surface area (TPSA) is 26.3 Å². The van der Waals surface area contributed by atoms with Crippen LogP contribution >= 0.6 is 15.9 Å². The van der Waals surface area contributed by atoms with E-state index < -0.39 is 6.36 Å². The van der Waals surface area contributed by atoms with Crippen LogP contribution in [0.4, 0.5) is 13.2 Å². The minimum absolute atomic E-state index is 0.118. The molecular weight excluding hydrogens is 277 g/mol. The second kappa shape index (κ2) is 4.65. The van der Waals surface area contributed by atoms with Crippen molar-refractivity contribution in [3.8, 4) is 5.75 Å². The van der Waals surface area contributed by atoms with Gasteiger partial charge in [0, 0.05) is 16.5 Å². The Balaban J connectivity index is 3.12. The third kappa shape index (κ3) is 3.23. The number of carbonyl (C=O) groups excluding carboxylic acids is 1. The fourth-order valence-corrected chi connectivity index (χ4v) is 1.66. The third-order valence-electron chi connectivity index (χ3n) is 1.66. The van der Waals surface area contributed by atoms with E-state index in [0.717, 1.165) is 6.07 Å². The largest absolute Gasteiger partial charge is 0.573 e. The first-order chi connectivity index (χ1) is 6.98. The predicted molar refractivity (Wildman–Crippen MR) is 51.1 cm³/mol. The lowest BCUT2D eigenvalue weighted by molar-refractivity contribution is -0.274. The second-order valence-electron chi connectivity index (χ2n) is 2.62. The molecule has 1 rings (SSSR count). The molecule has 0 unspecified atom stereocenters. The molecule has 0 atom stereocenters. The first kappa shape index (κ1) is 12.0. The summed E-state index contributed by atoms with van der Waals surface area (Å²) in [5.41, 5.74) is 0.360. The summed E-state index contributed by atoms with van der Waals surface area (Å²) < 4.78 is 39.7. The van der Waals surface area contributed by atoms with Crippen LogP contribution in [-0.2, 0) is 5.33 Å². The van der Waals surface area contributed by atoms with Crippen LogP contribution < -0.4 is 4.74 Å². The van der Waals surface area contributed by atoms with Crippen molar-refractivity contribution < 1.29 is 22.7 Å². The number of ether oxygens (including phenoxy) is 1. The first-order valence-corrected chi connectivity index (χ1v) is 4.99. The number of hydrogen-bond donors (Lipinski definition) is 0. The van der Waals surface area contributed by atoms with Gasteiger partial charge < -0.3 is 4.74 Å². The van der Waals surface area contributed by atoms with Gasteiger partial charge in [0.2, 0.25) is 0 Å². The number of aldehydes is 1. The van der Waals surface area contributed by atoms with Gasteiger partial charge >= 0.3 is 6.36 Å². The van der Waals surface area contributed by atoms with Crippen LogP contribution in [0.5, 0.6) is 5.75 Å². The Labute approximate surface area is 92.2 Å². The number of benzene rings is 1. The van der Waals surface area contributed by atoms with Crippen molar-refractivity contribution in [2.75, 3.05) is 0 Å². The van der Waals surface area contributed by atoms with Crippen molar-refractivity contribution in [3.63, 3.8) is 0 Å². The van der Waals surface area contributed by atoms with Crippen LogP contribution in [0.25, 0.3) is 0 Å². The number of hydrogen-bond acceptors (Lipinski definition) is 2. The molecule has 1 aromatic carbocycles. The molecule has 0 N–H and O–H groups in total. The fraction of sp³-hybridized carbons (Fsp3) is 0.222. The summed E-state index contributed by atoms with van der Waals surface area (Å²) in [4.78, 5) is 10.5. The molecule has 6 heteroatoms. The van der Waals surface area contributed by atoms with E-state index in [-0.39, 0.29) is 22.2 Å². The van der Waals surface area contributed by atoms with Gasteiger partial charge in [0.1, 0.15) is 12.0 Å². The molecular formula is C9H6BrF3O2. The van der Waals surface area contributed by atoms with Crippen LogP contribution in [0.3, 0.4) is 0 Å². The number of alkyl halides is 4. The zero-order valence-corrected chi connectivity index (χ0v) is 8.93. The van der Waals surface area contributed by atoms with Gasteiger partial charge in [-0.1, -0.05) is 28.1 Å². The Morgan fingerprint density at radius 2 is 2.07 bits per heavy atom. The molecule has 0 saturated heterocycles. The molecule has 2 nitrogen and oxygen atoms in total. The maximum Gasteiger partial charge on any atom is 0.573 e. The van der Waals surface area contributed by atoms with Gasteiger partial charge in [-0.3, -0.25) is 4.79 Å². The fourth-order valence-electron chi connectivity index (χ4n) is 1.06. The SMILES string of the molecule is O=Cc1cccc(OC(F)(F)F)c1CBr. The molecule has 0 heterocycles. The first-order valence-electron chi connectivity index (χ1n) is 3.86. The highest BCUT2D eigenvalue weighted by molar-refractivity contribution is 9.08. The van der Waals surface area contributed by atoms with Crippen LogP contribution in [0, 0.1) is 0 Å². The summed E-state index contributed by atoms with van der Waals surface area (Å²) in [6.45, 7) is 0. The van der Waals surface area contributed by atoms with Gasteiger partial charge in [-0.25, -0.2) is 0 Å². The van der Waals surface area contributed by atoms with E-state index in [1.54, 1.807) is 0 Å². The second-order valence-corrected chi connectivity index (χ2v) is 3.18. The van der Waals surface area contributed by atoms with Crippen molar-refractivity contribution in [2.45, 2.75) is 11.7 Å². The van der Waals surface area contributed by atoms with Gasteiger partial charge in [-0.2, -0.15) is 0 Å². The van der Waals surface area contributed by atoms with Gasteiger partial charge in [0.05, 0.1) is 0 Å². The monoisotopic (exact) mass is 282 g/mol. The predicted octanol–water partition coefficient (Wildman–Crippen LogP) is 3.29. The van der Waals surface area contributed by atoms with Crippen molar-refractivity contribution in [3.05, 3.63) is 29.3 Å². The van der Waals surface area contributed by atoms with Gasteiger partial charge in [-0.15, -0.1) is 13.2 Å². The molecule has 0 spiro atoms. The Morgan fingerprint density at radius 1 is 1.40 bits per heavy atom. The van der Waals surface area contributed by atoms with Crippen LogP contribution in [0.15, 0.2) is 18.2 Å². The summed E-state index contributed by atoms with van der Waals surface area (Å²) in [5.74, 6) is -0.357. The summed E-state index contributed by atoms with van der Waals surface area (Å²) in [6.07, 6.45) is -4.27. The van der Waals surface area contributed by atoms with E-state index in [1.807, 2.05) is 0 Å². The summed E-state index contributed by atoms with van der Waals surface area (Å²) in [7, 11) is 0. The van der Waals surface area contributed by atoms with Crippen LogP contribution in [-0.4, -0.2) is 12.6 Å². The maximum atomic E-state index is 12.0. The van der Waals surface area contributed by atoms with E-state index in [2.05, 4.69) is 20.7 Å². The molecule has 1 aromatic rings. The van der Waals surface area contributed by atoms with Crippen LogP contribution in [0.1, 0.15) is 15.9 Å². The van der Waals surface area contributed by atoms with Crippen LogP contribution in [0.2, 0.25) is 0 Å². The third-order valence-corrected chi connectivity index (χ3v) is 2.22. The molecule has 0 fully saturated rings. The number of carbonyl (C=O) groups is 1. The Bertz CT molecular complexity index is 363. The van der Waals surface area contributed by atoms with Gasteiger partial charge in [-0.05, 0) is 6.07 Å². The van der Waals surface area contributed by atoms with Crippen molar-refractivity contribution in [2.24, 2.45) is 0 Å². The quantitative estimate of drug-likeness (QED) is 0.628. The summed E-state index contributed by atoms with van der Waals surface area (Å²) >= 11 is 3.00. The lowest BCUT2D eigenvalue weighted by Crippen LogP contribution is -2.18. The van der Waals surface area contributed by atoms with E-state index >= 15 is 0 Å². The van der Waals surface area contributed by atoms with Gasteiger partial charge in [0.15, 0.2) is 0 Å². The average molecular weight is 283 g/mol. The lowest BCUT2D eigenvalue weighted by atomic mass is 10.1. The highest BCUT2D eigenvalue weighted by Gasteiger charge is 2.32. The van der Waals surface area contributed by atoms with Crippen molar-refractivity contribution >= 4 is 22.2 Å². The smallest absolute Gasteiger partial charge is 0.405 e. The van der Waals surface area contributed by atoms with E-state index in [4.69, 9.17) is 0 Å². The average Bonchev–Trinajstić information content (AvgIpc) is 2.15. The maximum absolute atomic E-state index is 12.0. The molecule has 0 aliphatic carbocycles. The van der Waals surface area contributed by atoms with Crippen molar-refractivity contribution in [1.82, 2.24) is 0 Å². The molecule has 0 aliphatic heterocycles. The molecule has 15 heavy (non-hydrogen) atoms. The molecule has 0 aromatic heterocycles.